The lowest BCUT2D eigenvalue weighted by Crippen LogP contribution is -2.19. The molecule has 20 heavy (non-hydrogen) atoms. The number of nitrogens with zero attached hydrogens (tertiary/aromatic N) is 1. The number of benzene rings is 1. The second-order valence-corrected chi connectivity index (χ2v) is 4.70. The quantitative estimate of drug-likeness (QED) is 0.875. The number of hydrogen-bond acceptors (Lipinski definition) is 3. The summed E-state index contributed by atoms with van der Waals surface area (Å²) in [7, 11) is 3.38. The average Bonchev–Trinajstić information content (AvgIpc) is 2.33. The smallest absolute Gasteiger partial charge is 0.416 e. The van der Waals surface area contributed by atoms with E-state index in [1.54, 1.807) is 19.0 Å². The van der Waals surface area contributed by atoms with Gasteiger partial charge in [-0.3, -0.25) is 4.79 Å². The fourth-order valence-electron chi connectivity index (χ4n) is 1.87. The Bertz CT molecular complexity index is 487. The van der Waals surface area contributed by atoms with Crippen LogP contribution in [0.5, 0.6) is 0 Å². The lowest BCUT2D eigenvalue weighted by Gasteiger charge is -2.23. The van der Waals surface area contributed by atoms with Gasteiger partial charge in [0.05, 0.1) is 5.56 Å². The summed E-state index contributed by atoms with van der Waals surface area (Å²) in [6.45, 7) is 0. The monoisotopic (exact) mass is 290 g/mol. The molecule has 0 amide bonds. The molecular formula is C13H17F3N2O2. The van der Waals surface area contributed by atoms with Crippen molar-refractivity contribution in [1.82, 2.24) is 0 Å². The van der Waals surface area contributed by atoms with Crippen LogP contribution in [0.15, 0.2) is 18.2 Å². The average molecular weight is 290 g/mol. The molecule has 1 aromatic rings. The summed E-state index contributed by atoms with van der Waals surface area (Å²) in [5, 5.41) is 8.63. The van der Waals surface area contributed by atoms with E-state index < -0.39 is 23.8 Å². The number of carboxylic acids is 1. The minimum Gasteiger partial charge on any atom is -0.481 e. The van der Waals surface area contributed by atoms with Crippen LogP contribution in [-0.4, -0.2) is 25.2 Å². The van der Waals surface area contributed by atoms with Gasteiger partial charge in [-0.25, -0.2) is 0 Å². The van der Waals surface area contributed by atoms with Crippen molar-refractivity contribution < 1.29 is 23.1 Å². The van der Waals surface area contributed by atoms with Gasteiger partial charge in [-0.2, -0.15) is 13.2 Å². The van der Waals surface area contributed by atoms with Crippen molar-refractivity contribution in [2.75, 3.05) is 19.0 Å². The number of halogens is 3. The van der Waals surface area contributed by atoms with Gasteiger partial charge in [0.2, 0.25) is 0 Å². The molecule has 0 aromatic heterocycles. The molecule has 1 atom stereocenters. The number of nitrogens with two attached hydrogens (primary N) is 1. The third-order valence-electron chi connectivity index (χ3n) is 2.91. The third-order valence-corrected chi connectivity index (χ3v) is 2.91. The molecule has 1 unspecified atom stereocenters. The fraction of sp³-hybridized carbons (Fsp3) is 0.462. The molecule has 0 bridgehead atoms. The number of aliphatic carboxylic acids is 1. The first kappa shape index (κ1) is 16.3. The summed E-state index contributed by atoms with van der Waals surface area (Å²) >= 11 is 0. The van der Waals surface area contributed by atoms with Crippen LogP contribution in [0.2, 0.25) is 0 Å². The minimum atomic E-state index is -4.45. The van der Waals surface area contributed by atoms with Gasteiger partial charge in [-0.05, 0) is 30.2 Å². The van der Waals surface area contributed by atoms with Gasteiger partial charge in [0.1, 0.15) is 0 Å². The Morgan fingerprint density at radius 2 is 2.00 bits per heavy atom. The first-order valence-electron chi connectivity index (χ1n) is 5.98. The van der Waals surface area contributed by atoms with E-state index in [1.165, 1.54) is 6.07 Å². The second kappa shape index (κ2) is 6.13. The molecule has 0 fully saturated rings. The first-order valence-corrected chi connectivity index (χ1v) is 5.98. The standard InChI is InChI=1S/C13H17F3N2O2/c1-18(2)11-5-3-8(13(14,15)16)7-9(11)10(17)4-6-12(19)20/h3,5,7,10H,4,6,17H2,1-2H3,(H,19,20). The molecule has 112 valence electrons. The third kappa shape index (κ3) is 4.12. The zero-order valence-electron chi connectivity index (χ0n) is 11.2. The van der Waals surface area contributed by atoms with Gasteiger partial charge < -0.3 is 15.7 Å². The summed E-state index contributed by atoms with van der Waals surface area (Å²) in [6.07, 6.45) is -4.56. The maximum absolute atomic E-state index is 12.7. The van der Waals surface area contributed by atoms with Crippen LogP contribution in [0.25, 0.3) is 0 Å². The van der Waals surface area contributed by atoms with E-state index in [0.717, 1.165) is 12.1 Å². The maximum atomic E-state index is 12.7. The van der Waals surface area contributed by atoms with Crippen molar-refractivity contribution in [2.24, 2.45) is 5.73 Å². The van der Waals surface area contributed by atoms with Crippen LogP contribution in [0, 0.1) is 0 Å². The lowest BCUT2D eigenvalue weighted by atomic mass is 9.98. The molecule has 0 aliphatic rings. The van der Waals surface area contributed by atoms with Gasteiger partial charge in [0.25, 0.3) is 0 Å². The van der Waals surface area contributed by atoms with Crippen molar-refractivity contribution in [2.45, 2.75) is 25.1 Å². The summed E-state index contributed by atoms with van der Waals surface area (Å²) in [6, 6.07) is 2.56. The summed E-state index contributed by atoms with van der Waals surface area (Å²) in [5.41, 5.74) is 5.90. The molecule has 1 aromatic carbocycles. The van der Waals surface area contributed by atoms with Crippen LogP contribution in [0.1, 0.15) is 30.0 Å². The Balaban J connectivity index is 3.15. The Labute approximate surface area is 115 Å². The second-order valence-electron chi connectivity index (χ2n) is 4.70. The minimum absolute atomic E-state index is 0.0808. The van der Waals surface area contributed by atoms with Gasteiger partial charge >= 0.3 is 12.1 Å². The number of alkyl halides is 3. The molecule has 3 N–H and O–H groups in total. The van der Waals surface area contributed by atoms with E-state index in [1.807, 2.05) is 0 Å². The largest absolute Gasteiger partial charge is 0.481 e. The van der Waals surface area contributed by atoms with E-state index in [2.05, 4.69) is 0 Å². The highest BCUT2D eigenvalue weighted by molar-refractivity contribution is 5.67. The predicted octanol–water partition coefficient (Wildman–Crippen LogP) is 2.64. The van der Waals surface area contributed by atoms with Crippen LogP contribution in [-0.2, 0) is 11.0 Å². The van der Waals surface area contributed by atoms with Gasteiger partial charge in [-0.15, -0.1) is 0 Å². The van der Waals surface area contributed by atoms with Crippen molar-refractivity contribution in [3.05, 3.63) is 29.3 Å². The van der Waals surface area contributed by atoms with E-state index in [0.29, 0.717) is 11.3 Å². The van der Waals surface area contributed by atoms with E-state index in [4.69, 9.17) is 10.8 Å². The Morgan fingerprint density at radius 1 is 1.40 bits per heavy atom. The zero-order chi connectivity index (χ0) is 15.5. The molecule has 0 spiro atoms. The topological polar surface area (TPSA) is 66.6 Å². The molecule has 0 saturated heterocycles. The van der Waals surface area contributed by atoms with Crippen LogP contribution in [0.4, 0.5) is 18.9 Å². The summed E-state index contributed by atoms with van der Waals surface area (Å²) < 4.78 is 38.2. The highest BCUT2D eigenvalue weighted by Crippen LogP contribution is 2.35. The van der Waals surface area contributed by atoms with Gasteiger partial charge in [0.15, 0.2) is 0 Å². The molecule has 0 aliphatic carbocycles. The molecule has 7 heteroatoms. The molecule has 1 rings (SSSR count). The first-order chi connectivity index (χ1) is 9.12. The normalized spacial score (nSPS) is 13.1. The number of anilines is 1. The number of carboxylic acid groups (broad SMARTS) is 1. The van der Waals surface area contributed by atoms with Crippen molar-refractivity contribution in [3.63, 3.8) is 0 Å². The van der Waals surface area contributed by atoms with Crippen molar-refractivity contribution in [3.8, 4) is 0 Å². The molecule has 0 aliphatic heterocycles. The van der Waals surface area contributed by atoms with E-state index in [-0.39, 0.29) is 12.8 Å². The number of hydrogen-bond donors (Lipinski definition) is 2. The predicted molar refractivity (Wildman–Crippen MR) is 69.6 cm³/mol. The molecule has 4 nitrogen and oxygen atoms in total. The Morgan fingerprint density at radius 3 is 2.45 bits per heavy atom. The maximum Gasteiger partial charge on any atom is 0.416 e. The van der Waals surface area contributed by atoms with Crippen molar-refractivity contribution >= 4 is 11.7 Å². The van der Waals surface area contributed by atoms with E-state index >= 15 is 0 Å². The van der Waals surface area contributed by atoms with E-state index in [9.17, 15) is 18.0 Å². The fourth-order valence-corrected chi connectivity index (χ4v) is 1.87. The Kier molecular flexibility index (Phi) is 4.99. The van der Waals surface area contributed by atoms with Crippen molar-refractivity contribution in [1.29, 1.82) is 0 Å². The van der Waals surface area contributed by atoms with Crippen LogP contribution < -0.4 is 10.6 Å². The lowest BCUT2D eigenvalue weighted by molar-refractivity contribution is -0.138. The highest BCUT2D eigenvalue weighted by atomic mass is 19.4. The van der Waals surface area contributed by atoms with Crippen LogP contribution in [0.3, 0.4) is 0 Å². The number of carbonyl (C=O) groups is 1. The van der Waals surface area contributed by atoms with Gasteiger partial charge in [-0.1, -0.05) is 0 Å². The molecule has 0 radical (unpaired) electrons. The summed E-state index contributed by atoms with van der Waals surface area (Å²) in [5.74, 6) is -1.03. The molecular weight excluding hydrogens is 273 g/mol. The zero-order valence-corrected chi connectivity index (χ0v) is 11.2. The number of rotatable bonds is 5. The SMILES string of the molecule is CN(C)c1ccc(C(F)(F)F)cc1C(N)CCC(=O)O. The molecule has 0 heterocycles. The van der Waals surface area contributed by atoms with Gasteiger partial charge in [0, 0.05) is 32.2 Å². The van der Waals surface area contributed by atoms with Crippen LogP contribution >= 0.6 is 0 Å². The summed E-state index contributed by atoms with van der Waals surface area (Å²) in [4.78, 5) is 12.2. The Hall–Kier alpha value is -1.76. The molecule has 0 saturated carbocycles. The highest BCUT2D eigenvalue weighted by Gasteiger charge is 2.31.